The topological polar surface area (TPSA) is 63.6 Å². The number of ether oxygens (including phenoxy) is 1. The molecule has 0 aliphatic carbocycles. The van der Waals surface area contributed by atoms with Crippen molar-refractivity contribution >= 4 is 11.9 Å². The minimum absolute atomic E-state index is 0.106. The van der Waals surface area contributed by atoms with Gasteiger partial charge in [-0.1, -0.05) is 12.7 Å². The molecule has 0 aliphatic rings. The first kappa shape index (κ1) is 12.6. The second-order valence-corrected chi connectivity index (χ2v) is 3.10. The lowest BCUT2D eigenvalue weighted by molar-refractivity contribution is -0.167. The van der Waals surface area contributed by atoms with Crippen molar-refractivity contribution in [3.63, 3.8) is 0 Å². The fraction of sp³-hybridized carbons (Fsp3) is 0.400. The first-order valence-corrected chi connectivity index (χ1v) is 4.09. The molecular weight excluding hydrogens is 184 g/mol. The summed E-state index contributed by atoms with van der Waals surface area (Å²) in [6.07, 6.45) is 2.73. The minimum atomic E-state index is -1.78. The predicted octanol–water partition coefficient (Wildman–Crippen LogP) is 0.959. The van der Waals surface area contributed by atoms with Crippen LogP contribution in [-0.2, 0) is 14.3 Å². The molecule has 1 unspecified atom stereocenters. The molecule has 0 fully saturated rings. The zero-order valence-electron chi connectivity index (χ0n) is 8.53. The molecule has 0 amide bonds. The molecule has 0 saturated carbocycles. The average Bonchev–Trinajstić information content (AvgIpc) is 2.03. The van der Waals surface area contributed by atoms with Gasteiger partial charge in [0.25, 0.3) is 0 Å². The van der Waals surface area contributed by atoms with Crippen molar-refractivity contribution in [3.05, 3.63) is 24.3 Å². The van der Waals surface area contributed by atoms with Crippen LogP contribution < -0.4 is 0 Å². The van der Waals surface area contributed by atoms with E-state index in [0.29, 0.717) is 0 Å². The Kier molecular flexibility index (Phi) is 4.24. The molecule has 0 aromatic heterocycles. The van der Waals surface area contributed by atoms with Crippen LogP contribution in [0.1, 0.15) is 20.8 Å². The zero-order valence-corrected chi connectivity index (χ0v) is 8.53. The van der Waals surface area contributed by atoms with Crippen LogP contribution in [0.15, 0.2) is 24.3 Å². The Hall–Kier alpha value is -1.42. The quantitative estimate of drug-likeness (QED) is 0.317. The molecule has 1 atom stereocenters. The van der Waals surface area contributed by atoms with Gasteiger partial charge < -0.3 is 9.84 Å². The van der Waals surface area contributed by atoms with Gasteiger partial charge in [0, 0.05) is 5.57 Å². The number of aliphatic hydroxyl groups is 1. The van der Waals surface area contributed by atoms with Crippen molar-refractivity contribution in [2.75, 3.05) is 0 Å². The van der Waals surface area contributed by atoms with Crippen molar-refractivity contribution in [3.8, 4) is 0 Å². The Morgan fingerprint density at radius 1 is 1.50 bits per heavy atom. The average molecular weight is 198 g/mol. The number of rotatable bonds is 3. The largest absolute Gasteiger partial charge is 0.387 e. The molecule has 1 N–H and O–H groups in total. The third kappa shape index (κ3) is 3.53. The lowest BCUT2D eigenvalue weighted by Crippen LogP contribution is -2.36. The van der Waals surface area contributed by atoms with Crippen molar-refractivity contribution in [1.29, 1.82) is 0 Å². The molecule has 14 heavy (non-hydrogen) atoms. The fourth-order valence-corrected chi connectivity index (χ4v) is 0.667. The number of hydrogen-bond acceptors (Lipinski definition) is 4. The maximum Gasteiger partial charge on any atom is 0.349 e. The third-order valence-corrected chi connectivity index (χ3v) is 1.44. The fourth-order valence-electron chi connectivity index (χ4n) is 0.667. The SMILES string of the molecule is C=C(C)C(=O)OC(=O)C(C)(O)C=CC. The van der Waals surface area contributed by atoms with Crippen molar-refractivity contribution in [2.24, 2.45) is 0 Å². The maximum atomic E-state index is 11.2. The van der Waals surface area contributed by atoms with Gasteiger partial charge in [0.05, 0.1) is 0 Å². The standard InChI is InChI=1S/C10H14O4/c1-5-6-10(4,13)9(12)14-8(11)7(2)3/h5-6,13H,2H2,1,3-4H3. The normalized spacial score (nSPS) is 14.9. The van der Waals surface area contributed by atoms with Crippen molar-refractivity contribution in [2.45, 2.75) is 26.4 Å². The van der Waals surface area contributed by atoms with Crippen LogP contribution in [0, 0.1) is 0 Å². The van der Waals surface area contributed by atoms with Crippen LogP contribution in [0.3, 0.4) is 0 Å². The second kappa shape index (κ2) is 4.72. The van der Waals surface area contributed by atoms with Gasteiger partial charge in [-0.15, -0.1) is 0 Å². The van der Waals surface area contributed by atoms with Gasteiger partial charge >= 0.3 is 11.9 Å². The minimum Gasteiger partial charge on any atom is -0.387 e. The van der Waals surface area contributed by atoms with Crippen LogP contribution >= 0.6 is 0 Å². The van der Waals surface area contributed by atoms with E-state index >= 15 is 0 Å². The molecular formula is C10H14O4. The molecule has 78 valence electrons. The number of carbonyl (C=O) groups excluding carboxylic acids is 2. The van der Waals surface area contributed by atoms with E-state index in [4.69, 9.17) is 0 Å². The highest BCUT2D eigenvalue weighted by Crippen LogP contribution is 2.09. The molecule has 0 aromatic rings. The van der Waals surface area contributed by atoms with Gasteiger partial charge in [-0.05, 0) is 26.8 Å². The lowest BCUT2D eigenvalue weighted by Gasteiger charge is -2.15. The van der Waals surface area contributed by atoms with Gasteiger partial charge in [0.2, 0.25) is 0 Å². The van der Waals surface area contributed by atoms with E-state index in [1.165, 1.54) is 26.0 Å². The van der Waals surface area contributed by atoms with Crippen LogP contribution in [0.5, 0.6) is 0 Å². The maximum absolute atomic E-state index is 11.2. The molecule has 0 aromatic carbocycles. The first-order valence-electron chi connectivity index (χ1n) is 4.09. The molecule has 0 heterocycles. The van der Waals surface area contributed by atoms with Gasteiger partial charge in [-0.2, -0.15) is 0 Å². The number of hydrogen-bond donors (Lipinski definition) is 1. The molecule has 0 saturated heterocycles. The third-order valence-electron chi connectivity index (χ3n) is 1.44. The zero-order chi connectivity index (χ0) is 11.4. The second-order valence-electron chi connectivity index (χ2n) is 3.10. The van der Waals surface area contributed by atoms with Crippen molar-refractivity contribution < 1.29 is 19.4 Å². The molecule has 0 rings (SSSR count). The number of carbonyl (C=O) groups is 2. The van der Waals surface area contributed by atoms with E-state index in [1.54, 1.807) is 6.92 Å². The Morgan fingerprint density at radius 2 is 2.00 bits per heavy atom. The Labute approximate surface area is 82.9 Å². The highest BCUT2D eigenvalue weighted by atomic mass is 16.6. The van der Waals surface area contributed by atoms with Crippen LogP contribution in [0.2, 0.25) is 0 Å². The summed E-state index contributed by atoms with van der Waals surface area (Å²) in [6.45, 7) is 7.60. The summed E-state index contributed by atoms with van der Waals surface area (Å²) in [4.78, 5) is 22.1. The monoisotopic (exact) mass is 198 g/mol. The Balaban J connectivity index is 4.50. The van der Waals surface area contributed by atoms with Gasteiger partial charge in [-0.3, -0.25) is 0 Å². The highest BCUT2D eigenvalue weighted by Gasteiger charge is 2.30. The van der Waals surface area contributed by atoms with E-state index in [9.17, 15) is 14.7 Å². The molecule has 4 heteroatoms. The van der Waals surface area contributed by atoms with Crippen LogP contribution in [0.25, 0.3) is 0 Å². The van der Waals surface area contributed by atoms with Crippen molar-refractivity contribution in [1.82, 2.24) is 0 Å². The van der Waals surface area contributed by atoms with Crippen LogP contribution in [0.4, 0.5) is 0 Å². The van der Waals surface area contributed by atoms with Gasteiger partial charge in [0.1, 0.15) is 0 Å². The van der Waals surface area contributed by atoms with E-state index in [-0.39, 0.29) is 5.57 Å². The van der Waals surface area contributed by atoms with Gasteiger partial charge in [-0.25, -0.2) is 9.59 Å². The van der Waals surface area contributed by atoms with E-state index in [1.807, 2.05) is 0 Å². The number of allylic oxidation sites excluding steroid dienone is 1. The Morgan fingerprint density at radius 3 is 2.36 bits per heavy atom. The first-order chi connectivity index (χ1) is 6.31. The molecule has 4 nitrogen and oxygen atoms in total. The molecule has 0 bridgehead atoms. The summed E-state index contributed by atoms with van der Waals surface area (Å²) in [5.74, 6) is -1.84. The van der Waals surface area contributed by atoms with E-state index in [2.05, 4.69) is 11.3 Å². The smallest absolute Gasteiger partial charge is 0.349 e. The Bertz CT molecular complexity index is 286. The summed E-state index contributed by atoms with van der Waals surface area (Å²) in [7, 11) is 0. The van der Waals surface area contributed by atoms with E-state index in [0.717, 1.165) is 0 Å². The summed E-state index contributed by atoms with van der Waals surface area (Å²) in [6, 6.07) is 0. The van der Waals surface area contributed by atoms with E-state index < -0.39 is 17.5 Å². The predicted molar refractivity (Wildman–Crippen MR) is 51.4 cm³/mol. The summed E-state index contributed by atoms with van der Waals surface area (Å²) >= 11 is 0. The molecule has 0 radical (unpaired) electrons. The highest BCUT2D eigenvalue weighted by molar-refractivity contribution is 5.98. The molecule has 0 aliphatic heterocycles. The van der Waals surface area contributed by atoms with Crippen LogP contribution in [-0.4, -0.2) is 22.6 Å². The summed E-state index contributed by atoms with van der Waals surface area (Å²) in [5.41, 5.74) is -1.67. The number of esters is 2. The molecule has 0 spiro atoms. The summed E-state index contributed by atoms with van der Waals surface area (Å²) < 4.78 is 4.35. The lowest BCUT2D eigenvalue weighted by atomic mass is 10.1. The summed E-state index contributed by atoms with van der Waals surface area (Å²) in [5, 5.41) is 9.47. The van der Waals surface area contributed by atoms with Gasteiger partial charge in [0.15, 0.2) is 5.60 Å².